The maximum absolute atomic E-state index is 13.5. The third-order valence-electron chi connectivity index (χ3n) is 7.16. The molecule has 0 radical (unpaired) electrons. The van der Waals surface area contributed by atoms with Gasteiger partial charge in [0.1, 0.15) is 0 Å². The van der Waals surface area contributed by atoms with Crippen molar-refractivity contribution in [3.63, 3.8) is 0 Å². The highest BCUT2D eigenvalue weighted by Gasteiger charge is 2.32. The molecule has 0 aliphatic heterocycles. The zero-order valence-corrected chi connectivity index (χ0v) is 21.3. The fraction of sp³-hybridized carbons (Fsp3) is 0.182. The molecule has 0 saturated heterocycles. The van der Waals surface area contributed by atoms with Gasteiger partial charge in [0.05, 0.1) is 5.56 Å². The molecule has 0 aliphatic rings. The molecule has 5 rings (SSSR count). The number of carbonyl (C=O) groups excluding carboxylic acids is 1. The molecule has 4 aromatic carbocycles. The van der Waals surface area contributed by atoms with Crippen LogP contribution in [0.3, 0.4) is 0 Å². The van der Waals surface area contributed by atoms with Crippen LogP contribution >= 0.6 is 0 Å². The van der Waals surface area contributed by atoms with E-state index in [1.165, 1.54) is 17.2 Å². The van der Waals surface area contributed by atoms with Crippen LogP contribution in [0.15, 0.2) is 115 Å². The van der Waals surface area contributed by atoms with E-state index in [-0.39, 0.29) is 18.2 Å². The lowest BCUT2D eigenvalue weighted by molar-refractivity contribution is -0.137. The van der Waals surface area contributed by atoms with Crippen molar-refractivity contribution in [2.75, 3.05) is 6.54 Å². The van der Waals surface area contributed by atoms with E-state index in [1.807, 2.05) is 60.7 Å². The number of hydrogen-bond acceptors (Lipinski definition) is 1. The number of aromatic nitrogens is 1. The summed E-state index contributed by atoms with van der Waals surface area (Å²) in [5, 5.41) is 3.93. The van der Waals surface area contributed by atoms with E-state index in [9.17, 15) is 18.0 Å². The number of alkyl halides is 3. The first-order valence-corrected chi connectivity index (χ1v) is 13.0. The molecule has 0 unspecified atom stereocenters. The Balaban J connectivity index is 1.36. The Kier molecular flexibility index (Phi) is 7.82. The number of amides is 1. The van der Waals surface area contributed by atoms with Crippen molar-refractivity contribution in [3.8, 4) is 0 Å². The van der Waals surface area contributed by atoms with Crippen LogP contribution in [0.1, 0.15) is 52.5 Å². The van der Waals surface area contributed by atoms with Gasteiger partial charge in [0.25, 0.3) is 0 Å². The molecule has 1 atom stereocenters. The molecule has 0 aliphatic carbocycles. The van der Waals surface area contributed by atoms with Crippen molar-refractivity contribution in [2.24, 2.45) is 0 Å². The van der Waals surface area contributed by atoms with E-state index >= 15 is 0 Å². The van der Waals surface area contributed by atoms with E-state index < -0.39 is 17.7 Å². The van der Waals surface area contributed by atoms with Crippen LogP contribution in [0.5, 0.6) is 0 Å². The fourth-order valence-electron chi connectivity index (χ4n) is 5.23. The number of carbonyl (C=O) groups is 1. The molecule has 6 heteroatoms. The minimum Gasteiger partial charge on any atom is -0.361 e. The van der Waals surface area contributed by atoms with E-state index in [1.54, 1.807) is 12.3 Å². The van der Waals surface area contributed by atoms with Crippen LogP contribution in [-0.4, -0.2) is 17.4 Å². The summed E-state index contributed by atoms with van der Waals surface area (Å²) in [6.45, 7) is 0.441. The van der Waals surface area contributed by atoms with E-state index in [2.05, 4.69) is 34.6 Å². The van der Waals surface area contributed by atoms with Gasteiger partial charge in [0, 0.05) is 41.9 Å². The number of H-pyrrole nitrogens is 1. The second-order valence-electron chi connectivity index (χ2n) is 9.68. The summed E-state index contributed by atoms with van der Waals surface area (Å²) in [6.07, 6.45) is -1.94. The van der Waals surface area contributed by atoms with Gasteiger partial charge in [-0.15, -0.1) is 0 Å². The van der Waals surface area contributed by atoms with E-state index in [0.717, 1.165) is 28.6 Å². The number of rotatable bonds is 9. The Morgan fingerprint density at radius 2 is 1.36 bits per heavy atom. The number of fused-ring (bicyclic) bond motifs is 1. The molecule has 1 heterocycles. The van der Waals surface area contributed by atoms with Crippen LogP contribution in [0, 0.1) is 0 Å². The number of benzene rings is 4. The van der Waals surface area contributed by atoms with Gasteiger partial charge < -0.3 is 10.3 Å². The van der Waals surface area contributed by atoms with Gasteiger partial charge in [-0.25, -0.2) is 0 Å². The van der Waals surface area contributed by atoms with Crippen molar-refractivity contribution >= 4 is 16.8 Å². The Bertz CT molecular complexity index is 1490. The molecule has 3 nitrogen and oxygen atoms in total. The van der Waals surface area contributed by atoms with Gasteiger partial charge in [-0.3, -0.25) is 4.79 Å². The zero-order valence-electron chi connectivity index (χ0n) is 21.3. The first kappa shape index (κ1) is 26.3. The Labute approximate surface area is 225 Å². The summed E-state index contributed by atoms with van der Waals surface area (Å²) in [5.74, 6) is -0.634. The molecular weight excluding hydrogens is 497 g/mol. The first-order valence-electron chi connectivity index (χ1n) is 13.0. The SMILES string of the molecule is O=C(C[C@@H](c1cccc(C(F)(F)F)c1)c1c[nH]c2ccccc12)NCCC(c1ccccc1)c1ccccc1. The summed E-state index contributed by atoms with van der Waals surface area (Å²) in [6, 6.07) is 33.2. The van der Waals surface area contributed by atoms with Crippen LogP contribution < -0.4 is 5.32 Å². The van der Waals surface area contributed by atoms with Crippen molar-refractivity contribution < 1.29 is 18.0 Å². The standard InChI is InChI=1S/C33H29F3N2O/c34-33(35,36)26-15-9-14-25(20-26)29(30-22-38-31-17-8-7-16-28(30)31)21-32(39)37-19-18-27(23-10-3-1-4-11-23)24-12-5-2-6-13-24/h1-17,20,22,27,29,38H,18-19,21H2,(H,37,39)/t29-/m0/s1. The zero-order chi connectivity index (χ0) is 27.2. The van der Waals surface area contributed by atoms with Gasteiger partial charge in [-0.05, 0) is 40.8 Å². The molecule has 0 saturated carbocycles. The lowest BCUT2D eigenvalue weighted by atomic mass is 9.87. The van der Waals surface area contributed by atoms with Crippen molar-refractivity contribution in [1.29, 1.82) is 0 Å². The van der Waals surface area contributed by atoms with Gasteiger partial charge in [-0.1, -0.05) is 97.1 Å². The second-order valence-corrected chi connectivity index (χ2v) is 9.68. The Morgan fingerprint density at radius 1 is 0.744 bits per heavy atom. The van der Waals surface area contributed by atoms with E-state index in [4.69, 9.17) is 0 Å². The highest BCUT2D eigenvalue weighted by Crippen LogP contribution is 2.37. The molecule has 2 N–H and O–H groups in total. The average Bonchev–Trinajstić information content (AvgIpc) is 3.38. The van der Waals surface area contributed by atoms with Crippen LogP contribution in [0.4, 0.5) is 13.2 Å². The minimum atomic E-state index is -4.47. The predicted molar refractivity (Wildman–Crippen MR) is 149 cm³/mol. The van der Waals surface area contributed by atoms with E-state index in [0.29, 0.717) is 18.5 Å². The van der Waals surface area contributed by atoms with Gasteiger partial charge >= 0.3 is 6.18 Å². The highest BCUT2D eigenvalue weighted by atomic mass is 19.4. The van der Waals surface area contributed by atoms with Gasteiger partial charge in [-0.2, -0.15) is 13.2 Å². The quantitative estimate of drug-likeness (QED) is 0.201. The molecule has 5 aromatic rings. The summed E-state index contributed by atoms with van der Waals surface area (Å²) >= 11 is 0. The number of aromatic amines is 1. The molecule has 0 bridgehead atoms. The first-order chi connectivity index (χ1) is 18.9. The largest absolute Gasteiger partial charge is 0.416 e. The lowest BCUT2D eigenvalue weighted by Crippen LogP contribution is -2.27. The Hall–Kier alpha value is -4.32. The maximum atomic E-state index is 13.5. The smallest absolute Gasteiger partial charge is 0.361 e. The van der Waals surface area contributed by atoms with Crippen molar-refractivity contribution in [2.45, 2.75) is 30.9 Å². The molecule has 1 aromatic heterocycles. The number of halogens is 3. The molecule has 0 fully saturated rings. The van der Waals surface area contributed by atoms with Gasteiger partial charge in [0.2, 0.25) is 5.91 Å². The fourth-order valence-corrected chi connectivity index (χ4v) is 5.23. The average molecular weight is 527 g/mol. The molecule has 0 spiro atoms. The van der Waals surface area contributed by atoms with Crippen LogP contribution in [0.2, 0.25) is 0 Å². The normalized spacial score (nSPS) is 12.5. The molecule has 198 valence electrons. The summed E-state index contributed by atoms with van der Waals surface area (Å²) in [5.41, 5.74) is 3.73. The van der Waals surface area contributed by atoms with Crippen molar-refractivity contribution in [3.05, 3.63) is 143 Å². The van der Waals surface area contributed by atoms with Crippen molar-refractivity contribution in [1.82, 2.24) is 10.3 Å². The Morgan fingerprint density at radius 3 is 2.03 bits per heavy atom. The highest BCUT2D eigenvalue weighted by molar-refractivity contribution is 5.86. The lowest BCUT2D eigenvalue weighted by Gasteiger charge is -2.20. The third kappa shape index (κ3) is 6.23. The number of para-hydroxylation sites is 1. The number of hydrogen-bond donors (Lipinski definition) is 2. The van der Waals surface area contributed by atoms with Crippen LogP contribution in [0.25, 0.3) is 10.9 Å². The summed E-state index contributed by atoms with van der Waals surface area (Å²) < 4.78 is 40.6. The predicted octanol–water partition coefficient (Wildman–Crippen LogP) is 8.05. The number of nitrogens with one attached hydrogen (secondary N) is 2. The maximum Gasteiger partial charge on any atom is 0.416 e. The second kappa shape index (κ2) is 11.6. The van der Waals surface area contributed by atoms with Gasteiger partial charge in [0.15, 0.2) is 0 Å². The third-order valence-corrected chi connectivity index (χ3v) is 7.16. The molecule has 1 amide bonds. The van der Waals surface area contributed by atoms with Crippen LogP contribution in [-0.2, 0) is 11.0 Å². The minimum absolute atomic E-state index is 0.0322. The summed E-state index contributed by atoms with van der Waals surface area (Å²) in [7, 11) is 0. The molecular formula is C33H29F3N2O. The molecule has 39 heavy (non-hydrogen) atoms. The summed E-state index contributed by atoms with van der Waals surface area (Å²) in [4.78, 5) is 16.4. The monoisotopic (exact) mass is 526 g/mol. The topological polar surface area (TPSA) is 44.9 Å².